The van der Waals surface area contributed by atoms with Gasteiger partial charge >= 0.3 is 5.97 Å². The summed E-state index contributed by atoms with van der Waals surface area (Å²) in [5.41, 5.74) is 1.21. The Kier molecular flexibility index (Phi) is 8.04. The van der Waals surface area contributed by atoms with Crippen LogP contribution in [0.15, 0.2) is 36.4 Å². The van der Waals surface area contributed by atoms with Crippen molar-refractivity contribution >= 4 is 35.1 Å². The van der Waals surface area contributed by atoms with Crippen LogP contribution in [0.3, 0.4) is 0 Å². The van der Waals surface area contributed by atoms with Crippen molar-refractivity contribution in [3.05, 3.63) is 57.8 Å². The average Bonchev–Trinajstić information content (AvgIpc) is 2.65. The summed E-state index contributed by atoms with van der Waals surface area (Å²) in [6, 6.07) is 9.63. The molecule has 0 radical (unpaired) electrons. The van der Waals surface area contributed by atoms with Gasteiger partial charge in [-0.3, -0.25) is 4.79 Å². The number of halogens is 2. The van der Waals surface area contributed by atoms with E-state index in [1.165, 1.54) is 19.2 Å². The van der Waals surface area contributed by atoms with Gasteiger partial charge in [-0.25, -0.2) is 9.78 Å². The number of nitrogens with zero attached hydrogens (tertiary/aromatic N) is 1. The molecule has 1 aromatic carbocycles. The number of amides is 1. The molecule has 150 valence electrons. The predicted octanol–water partition coefficient (Wildman–Crippen LogP) is 2.72. The van der Waals surface area contributed by atoms with Gasteiger partial charge in [0.1, 0.15) is 16.1 Å². The van der Waals surface area contributed by atoms with Crippen molar-refractivity contribution < 1.29 is 24.2 Å². The minimum absolute atomic E-state index is 0.0944. The first-order valence-electron chi connectivity index (χ1n) is 8.38. The molecule has 7 nitrogen and oxygen atoms in total. The standard InChI is InChI=1S/C19H20Cl2N2O5/c1-11(7-12-3-5-14(6-4-12)28-10-17(24)27-2)22-19(26)18(25)13-8-15(20)23-16(21)9-13/h3-6,8-9,11,18,25H,7,10H2,1-2H3,(H,22,26). The van der Waals surface area contributed by atoms with Crippen molar-refractivity contribution in [2.45, 2.75) is 25.5 Å². The highest BCUT2D eigenvalue weighted by Gasteiger charge is 2.20. The van der Waals surface area contributed by atoms with E-state index >= 15 is 0 Å². The fraction of sp³-hybridized carbons (Fsp3) is 0.316. The number of rotatable bonds is 8. The van der Waals surface area contributed by atoms with E-state index in [4.69, 9.17) is 27.9 Å². The van der Waals surface area contributed by atoms with Crippen molar-refractivity contribution in [1.82, 2.24) is 10.3 Å². The quantitative estimate of drug-likeness (QED) is 0.497. The number of nitrogens with one attached hydrogen (secondary N) is 1. The summed E-state index contributed by atoms with van der Waals surface area (Å²) < 4.78 is 9.79. The Morgan fingerprint density at radius 1 is 1.18 bits per heavy atom. The smallest absolute Gasteiger partial charge is 0.343 e. The maximum atomic E-state index is 12.3. The lowest BCUT2D eigenvalue weighted by Crippen LogP contribution is -2.37. The van der Waals surface area contributed by atoms with Gasteiger partial charge in [-0.2, -0.15) is 0 Å². The topological polar surface area (TPSA) is 97.8 Å². The highest BCUT2D eigenvalue weighted by molar-refractivity contribution is 6.32. The van der Waals surface area contributed by atoms with E-state index in [9.17, 15) is 14.7 Å². The summed E-state index contributed by atoms with van der Waals surface area (Å²) in [5.74, 6) is -0.493. The fourth-order valence-corrected chi connectivity index (χ4v) is 2.92. The van der Waals surface area contributed by atoms with Gasteiger partial charge in [-0.05, 0) is 48.7 Å². The van der Waals surface area contributed by atoms with E-state index in [1.807, 2.05) is 19.1 Å². The van der Waals surface area contributed by atoms with Crippen LogP contribution in [0.5, 0.6) is 5.75 Å². The number of aromatic nitrogens is 1. The number of hydrogen-bond donors (Lipinski definition) is 2. The van der Waals surface area contributed by atoms with E-state index in [0.717, 1.165) is 5.56 Å². The Labute approximate surface area is 172 Å². The minimum Gasteiger partial charge on any atom is -0.482 e. The Bertz CT molecular complexity index is 809. The number of aliphatic hydroxyl groups excluding tert-OH is 1. The number of carbonyl (C=O) groups is 2. The number of esters is 1. The van der Waals surface area contributed by atoms with Crippen molar-refractivity contribution in [1.29, 1.82) is 0 Å². The second-order valence-corrected chi connectivity index (χ2v) is 6.85. The summed E-state index contributed by atoms with van der Waals surface area (Å²) >= 11 is 11.6. The Balaban J connectivity index is 1.89. The third kappa shape index (κ3) is 6.67. The third-order valence-electron chi connectivity index (χ3n) is 3.79. The fourth-order valence-electron chi connectivity index (χ4n) is 2.44. The molecule has 2 unspecified atom stereocenters. The van der Waals surface area contributed by atoms with Crippen LogP contribution < -0.4 is 10.1 Å². The van der Waals surface area contributed by atoms with Crippen LogP contribution in [-0.2, 0) is 20.7 Å². The molecule has 9 heteroatoms. The molecule has 0 bridgehead atoms. The number of hydrogen-bond acceptors (Lipinski definition) is 6. The molecule has 0 aliphatic rings. The van der Waals surface area contributed by atoms with Crippen LogP contribution in [0.1, 0.15) is 24.2 Å². The largest absolute Gasteiger partial charge is 0.482 e. The van der Waals surface area contributed by atoms with Gasteiger partial charge in [0.25, 0.3) is 5.91 Å². The van der Waals surface area contributed by atoms with Gasteiger partial charge in [-0.1, -0.05) is 35.3 Å². The first-order chi connectivity index (χ1) is 13.3. The summed E-state index contributed by atoms with van der Waals surface area (Å²) in [4.78, 5) is 27.1. The van der Waals surface area contributed by atoms with Gasteiger partial charge in [0.15, 0.2) is 12.7 Å². The van der Waals surface area contributed by atoms with E-state index in [0.29, 0.717) is 12.2 Å². The molecule has 0 saturated carbocycles. The van der Waals surface area contributed by atoms with Crippen LogP contribution in [0, 0.1) is 0 Å². The molecule has 0 aliphatic carbocycles. The molecular weight excluding hydrogens is 407 g/mol. The monoisotopic (exact) mass is 426 g/mol. The highest BCUT2D eigenvalue weighted by atomic mass is 35.5. The van der Waals surface area contributed by atoms with Gasteiger partial charge < -0.3 is 19.9 Å². The average molecular weight is 427 g/mol. The Hall–Kier alpha value is -2.35. The van der Waals surface area contributed by atoms with Crippen molar-refractivity contribution in [3.63, 3.8) is 0 Å². The summed E-state index contributed by atoms with van der Waals surface area (Å²) in [5, 5.41) is 13.1. The maximum Gasteiger partial charge on any atom is 0.343 e. The maximum absolute atomic E-state index is 12.3. The molecule has 2 aromatic rings. The van der Waals surface area contributed by atoms with Crippen molar-refractivity contribution in [2.24, 2.45) is 0 Å². The lowest BCUT2D eigenvalue weighted by Gasteiger charge is -2.17. The summed E-state index contributed by atoms with van der Waals surface area (Å²) in [6.45, 7) is 1.65. The molecule has 2 atom stereocenters. The highest BCUT2D eigenvalue weighted by Crippen LogP contribution is 2.21. The molecule has 1 heterocycles. The Morgan fingerprint density at radius 3 is 2.36 bits per heavy atom. The van der Waals surface area contributed by atoms with E-state index in [1.54, 1.807) is 12.1 Å². The lowest BCUT2D eigenvalue weighted by molar-refractivity contribution is -0.142. The van der Waals surface area contributed by atoms with E-state index in [2.05, 4.69) is 15.0 Å². The van der Waals surface area contributed by atoms with E-state index < -0.39 is 18.0 Å². The van der Waals surface area contributed by atoms with Crippen LogP contribution in [0.2, 0.25) is 10.3 Å². The molecule has 28 heavy (non-hydrogen) atoms. The minimum atomic E-state index is -1.41. The number of methoxy groups -OCH3 is 1. The zero-order chi connectivity index (χ0) is 20.7. The summed E-state index contributed by atoms with van der Waals surface area (Å²) in [6.07, 6.45) is -0.873. The van der Waals surface area contributed by atoms with Crippen LogP contribution in [0.25, 0.3) is 0 Å². The van der Waals surface area contributed by atoms with Gasteiger partial charge in [0, 0.05) is 6.04 Å². The zero-order valence-corrected chi connectivity index (χ0v) is 16.8. The van der Waals surface area contributed by atoms with Crippen molar-refractivity contribution in [2.75, 3.05) is 13.7 Å². The molecule has 2 N–H and O–H groups in total. The molecule has 0 spiro atoms. The number of benzene rings is 1. The van der Waals surface area contributed by atoms with Gasteiger partial charge in [0.05, 0.1) is 7.11 Å². The number of aliphatic hydroxyl groups is 1. The van der Waals surface area contributed by atoms with Crippen LogP contribution in [0.4, 0.5) is 0 Å². The molecule has 2 rings (SSSR count). The molecule has 0 aliphatic heterocycles. The zero-order valence-electron chi connectivity index (χ0n) is 15.3. The lowest BCUT2D eigenvalue weighted by atomic mass is 10.1. The molecule has 0 fully saturated rings. The number of carbonyl (C=O) groups excluding carboxylic acids is 2. The Morgan fingerprint density at radius 2 is 1.79 bits per heavy atom. The summed E-state index contributed by atoms with van der Waals surface area (Å²) in [7, 11) is 1.29. The second kappa shape index (κ2) is 10.3. The molecule has 1 amide bonds. The predicted molar refractivity (Wildman–Crippen MR) is 104 cm³/mol. The molecular formula is C19H20Cl2N2O5. The second-order valence-electron chi connectivity index (χ2n) is 6.07. The van der Waals surface area contributed by atoms with Crippen LogP contribution in [-0.4, -0.2) is 41.7 Å². The van der Waals surface area contributed by atoms with E-state index in [-0.39, 0.29) is 28.5 Å². The first-order valence-corrected chi connectivity index (χ1v) is 9.14. The van der Waals surface area contributed by atoms with Crippen molar-refractivity contribution in [3.8, 4) is 5.75 Å². The molecule has 1 aromatic heterocycles. The first kappa shape index (κ1) is 21.9. The van der Waals surface area contributed by atoms with Crippen LogP contribution >= 0.6 is 23.2 Å². The van der Waals surface area contributed by atoms with Gasteiger partial charge in [-0.15, -0.1) is 0 Å². The number of ether oxygens (including phenoxy) is 2. The van der Waals surface area contributed by atoms with Gasteiger partial charge in [0.2, 0.25) is 0 Å². The SMILES string of the molecule is COC(=O)COc1ccc(CC(C)NC(=O)C(O)c2cc(Cl)nc(Cl)c2)cc1. The number of pyridine rings is 1. The third-order valence-corrected chi connectivity index (χ3v) is 4.17. The normalized spacial score (nSPS) is 12.8. The molecule has 0 saturated heterocycles.